The molecule has 1 atom stereocenters. The van der Waals surface area contributed by atoms with Crippen LogP contribution in [0.2, 0.25) is 0 Å². The maximum absolute atomic E-state index is 11.5. The number of amides is 1. The highest BCUT2D eigenvalue weighted by Crippen LogP contribution is 2.32. The number of hydrogen-bond acceptors (Lipinski definition) is 8. The first-order valence-electron chi connectivity index (χ1n) is 14.0. The molecule has 9 heteroatoms. The molecule has 1 amide bonds. The Morgan fingerprint density at radius 1 is 0.744 bits per heavy atom. The molecule has 0 aromatic heterocycles. The van der Waals surface area contributed by atoms with Crippen molar-refractivity contribution in [2.75, 3.05) is 33.9 Å². The van der Waals surface area contributed by atoms with E-state index in [1.165, 1.54) is 12.7 Å². The molecule has 43 heavy (non-hydrogen) atoms. The number of aliphatic hydroxyl groups excluding tert-OH is 2. The number of aliphatic hydroxyl groups is 2. The van der Waals surface area contributed by atoms with E-state index < -0.39 is 12.7 Å². The summed E-state index contributed by atoms with van der Waals surface area (Å²) in [7, 11) is 3.05. The number of phenols is 2. The number of nitrogens with two attached hydrogens (primary N) is 1. The summed E-state index contributed by atoms with van der Waals surface area (Å²) in [6.07, 6.45) is 0.443. The zero-order valence-electron chi connectivity index (χ0n) is 24.5. The number of benzene rings is 4. The fourth-order valence-electron chi connectivity index (χ4n) is 4.31. The van der Waals surface area contributed by atoms with E-state index in [4.69, 9.17) is 20.3 Å². The summed E-state index contributed by atoms with van der Waals surface area (Å²) in [6, 6.07) is 26.7. The highest BCUT2D eigenvalue weighted by atomic mass is 16.5. The number of carbonyl (C=O) groups is 1. The average Bonchev–Trinajstić information content (AvgIpc) is 3.03. The van der Waals surface area contributed by atoms with Gasteiger partial charge in [-0.2, -0.15) is 0 Å². The Hall–Kier alpha value is -4.57. The first-order chi connectivity index (χ1) is 20.8. The first-order valence-corrected chi connectivity index (χ1v) is 14.0. The van der Waals surface area contributed by atoms with E-state index in [2.05, 4.69) is 29.6 Å². The molecule has 9 nitrogen and oxygen atoms in total. The van der Waals surface area contributed by atoms with Crippen LogP contribution in [0.15, 0.2) is 84.9 Å². The van der Waals surface area contributed by atoms with E-state index in [0.717, 1.165) is 34.2 Å². The fourth-order valence-corrected chi connectivity index (χ4v) is 4.31. The van der Waals surface area contributed by atoms with E-state index in [1.807, 2.05) is 42.5 Å². The van der Waals surface area contributed by atoms with E-state index in [0.29, 0.717) is 31.0 Å². The van der Waals surface area contributed by atoms with Crippen LogP contribution in [0.25, 0.3) is 22.3 Å². The molecule has 0 aliphatic carbocycles. The average molecular weight is 589 g/mol. The fraction of sp³-hybridized carbons (Fsp3) is 0.265. The molecule has 0 radical (unpaired) electrons. The smallest absolute Gasteiger partial charge is 0.222 e. The molecule has 0 heterocycles. The number of aromatic hydroxyl groups is 2. The molecule has 0 saturated carbocycles. The van der Waals surface area contributed by atoms with Crippen molar-refractivity contribution >= 4 is 5.91 Å². The van der Waals surface area contributed by atoms with Crippen molar-refractivity contribution < 1.29 is 34.7 Å². The van der Waals surface area contributed by atoms with Gasteiger partial charge in [-0.25, -0.2) is 0 Å². The molecular formula is C34H40N2O7. The van der Waals surface area contributed by atoms with Crippen molar-refractivity contribution in [3.8, 4) is 45.3 Å². The molecule has 0 bridgehead atoms. The van der Waals surface area contributed by atoms with E-state index >= 15 is 0 Å². The van der Waals surface area contributed by atoms with Gasteiger partial charge >= 0.3 is 0 Å². The third-order valence-electron chi connectivity index (χ3n) is 6.73. The van der Waals surface area contributed by atoms with Gasteiger partial charge in [-0.15, -0.1) is 0 Å². The number of ether oxygens (including phenoxy) is 2. The van der Waals surface area contributed by atoms with Gasteiger partial charge in [0.1, 0.15) is 0 Å². The van der Waals surface area contributed by atoms with Crippen molar-refractivity contribution in [1.82, 2.24) is 5.32 Å². The second kappa shape index (κ2) is 16.8. The molecule has 4 rings (SSSR count). The molecule has 0 aliphatic rings. The van der Waals surface area contributed by atoms with Gasteiger partial charge < -0.3 is 41.0 Å². The highest BCUT2D eigenvalue weighted by Gasteiger charge is 2.09. The zero-order valence-corrected chi connectivity index (χ0v) is 24.5. The van der Waals surface area contributed by atoms with Crippen LogP contribution in [0.4, 0.5) is 0 Å². The Kier molecular flexibility index (Phi) is 12.8. The second-order valence-corrected chi connectivity index (χ2v) is 9.85. The second-order valence-electron chi connectivity index (χ2n) is 9.85. The van der Waals surface area contributed by atoms with Gasteiger partial charge in [-0.1, -0.05) is 60.7 Å². The maximum atomic E-state index is 11.5. The van der Waals surface area contributed by atoms with Gasteiger partial charge in [0.2, 0.25) is 5.91 Å². The molecule has 4 aromatic carbocycles. The van der Waals surface area contributed by atoms with Crippen molar-refractivity contribution in [3.05, 3.63) is 96.1 Å². The normalized spacial score (nSPS) is 11.2. The molecule has 0 spiro atoms. The van der Waals surface area contributed by atoms with Crippen molar-refractivity contribution in [2.45, 2.75) is 25.4 Å². The van der Waals surface area contributed by atoms with Crippen LogP contribution in [0.5, 0.6) is 23.0 Å². The third-order valence-corrected chi connectivity index (χ3v) is 6.73. The number of phenolic OH excluding ortho intramolecular Hbond substituents is 2. The van der Waals surface area contributed by atoms with Crippen molar-refractivity contribution in [1.29, 1.82) is 0 Å². The lowest BCUT2D eigenvalue weighted by Crippen LogP contribution is -2.30. The summed E-state index contributed by atoms with van der Waals surface area (Å²) in [5.41, 5.74) is 11.9. The minimum atomic E-state index is -1.01. The predicted octanol–water partition coefficient (Wildman–Crippen LogP) is 4.04. The van der Waals surface area contributed by atoms with Crippen molar-refractivity contribution in [2.24, 2.45) is 5.73 Å². The summed E-state index contributed by atoms with van der Waals surface area (Å²) >= 11 is 0. The zero-order chi connectivity index (χ0) is 31.2. The number of rotatable bonds is 12. The largest absolute Gasteiger partial charge is 0.504 e. The molecule has 7 N–H and O–H groups in total. The lowest BCUT2D eigenvalue weighted by atomic mass is 10.0. The molecular weight excluding hydrogens is 548 g/mol. The van der Waals surface area contributed by atoms with Gasteiger partial charge in [0.15, 0.2) is 23.0 Å². The Morgan fingerprint density at radius 3 is 1.60 bits per heavy atom. The molecule has 0 aliphatic heterocycles. The molecule has 228 valence electrons. The monoisotopic (exact) mass is 588 g/mol. The Bertz CT molecular complexity index is 1440. The number of hydrogen-bond donors (Lipinski definition) is 6. The lowest BCUT2D eigenvalue weighted by Gasteiger charge is -2.09. The summed E-state index contributed by atoms with van der Waals surface area (Å²) < 4.78 is 10.2. The number of carbonyl (C=O) groups excluding carboxylic acids is 1. The molecule has 1 unspecified atom stereocenters. The number of methoxy groups -OCH3 is 2. The van der Waals surface area contributed by atoms with Crippen LogP contribution in [0.1, 0.15) is 17.5 Å². The SMILES string of the molecule is COc1cc(-c2ccc(CCN)cc2)ccc1O.COc1cc(-c2ccc(CCNC(=O)CC(O)CO)cc2)ccc1O. The van der Waals surface area contributed by atoms with Crippen LogP contribution in [-0.2, 0) is 17.6 Å². The van der Waals surface area contributed by atoms with E-state index in [9.17, 15) is 20.1 Å². The van der Waals surface area contributed by atoms with Crippen molar-refractivity contribution in [3.63, 3.8) is 0 Å². The Labute approximate surface area is 252 Å². The maximum Gasteiger partial charge on any atom is 0.222 e. The highest BCUT2D eigenvalue weighted by molar-refractivity contribution is 5.76. The number of nitrogens with one attached hydrogen (secondary N) is 1. The minimum Gasteiger partial charge on any atom is -0.504 e. The van der Waals surface area contributed by atoms with Gasteiger partial charge in [0, 0.05) is 6.54 Å². The third kappa shape index (κ3) is 10.0. The summed E-state index contributed by atoms with van der Waals surface area (Å²) in [4.78, 5) is 11.5. The quantitative estimate of drug-likeness (QED) is 0.145. The molecule has 0 saturated heterocycles. The van der Waals surface area contributed by atoms with Gasteiger partial charge in [-0.05, 0) is 77.0 Å². The Balaban J connectivity index is 0.000000248. The van der Waals surface area contributed by atoms with E-state index in [1.54, 1.807) is 25.3 Å². The van der Waals surface area contributed by atoms with Gasteiger partial charge in [0.05, 0.1) is 33.4 Å². The Morgan fingerprint density at radius 2 is 1.19 bits per heavy atom. The van der Waals surface area contributed by atoms with E-state index in [-0.39, 0.29) is 23.8 Å². The lowest BCUT2D eigenvalue weighted by molar-refractivity contribution is -0.123. The molecule has 0 fully saturated rings. The summed E-state index contributed by atoms with van der Waals surface area (Å²) in [5, 5.41) is 39.8. The van der Waals surface area contributed by atoms with Crippen LogP contribution in [0.3, 0.4) is 0 Å². The minimum absolute atomic E-state index is 0.0991. The predicted molar refractivity (Wildman–Crippen MR) is 167 cm³/mol. The van der Waals surface area contributed by atoms with Gasteiger partial charge in [0.25, 0.3) is 0 Å². The standard InChI is InChI=1S/C19H23NO5.C15H17NO2/c1-25-18-10-15(6-7-17(18)23)14-4-2-13(3-5-14)8-9-20-19(24)11-16(22)12-21;1-18-15-10-13(6-7-14(15)17)12-4-2-11(3-5-12)8-9-16/h2-7,10,16,21-23H,8-9,11-12H2,1H3,(H,20,24);2-7,10,17H,8-9,16H2,1H3. The summed E-state index contributed by atoms with van der Waals surface area (Å²) in [5.74, 6) is 0.883. The van der Waals surface area contributed by atoms with Crippen LogP contribution in [-0.4, -0.2) is 66.4 Å². The topological polar surface area (TPSA) is 154 Å². The van der Waals surface area contributed by atoms with Crippen LogP contribution in [0, 0.1) is 0 Å². The van der Waals surface area contributed by atoms with Gasteiger partial charge in [-0.3, -0.25) is 4.79 Å². The molecule has 4 aromatic rings. The van der Waals surface area contributed by atoms with Crippen LogP contribution >= 0.6 is 0 Å². The van der Waals surface area contributed by atoms with Crippen LogP contribution < -0.4 is 20.5 Å². The summed E-state index contributed by atoms with van der Waals surface area (Å²) in [6.45, 7) is 0.701. The first kappa shape index (κ1) is 32.9.